The molecule has 13 heterocycles. The van der Waals surface area contributed by atoms with Crippen molar-refractivity contribution in [1.82, 2.24) is 0 Å². The topological polar surface area (TPSA) is 486 Å². The summed E-state index contributed by atoms with van der Waals surface area (Å²) in [7, 11) is 0. The molecule has 0 amide bonds. The fraction of sp³-hybridized carbons (Fsp3) is 1.00. The smallest absolute Gasteiger partial charge is 0.187 e. The molecule has 19 N–H and O–H groups in total. The van der Waals surface area contributed by atoms with Crippen LogP contribution in [0.3, 0.4) is 0 Å². The van der Waals surface area contributed by atoms with E-state index in [0.717, 1.165) is 0 Å². The lowest BCUT2D eigenvalue weighted by molar-refractivity contribution is -0.396. The maximum Gasteiger partial charge on any atom is 0.187 e. The van der Waals surface area contributed by atoms with E-state index in [1.807, 2.05) is 0 Å². The molecule has 0 saturated carbocycles. The Kier molecular flexibility index (Phi) is 19.2. The van der Waals surface area contributed by atoms with Crippen LogP contribution in [0, 0.1) is 0 Å². The monoisotopic (exact) mass is 974 g/mol. The van der Waals surface area contributed by atoms with Gasteiger partial charge in [-0.15, -0.1) is 0 Å². The zero-order valence-corrected chi connectivity index (χ0v) is 34.7. The van der Waals surface area contributed by atoms with Crippen LogP contribution in [0.15, 0.2) is 0 Å². The number of ether oxygens (including phenoxy) is 11. The highest BCUT2D eigenvalue weighted by molar-refractivity contribution is 5.00. The molecule has 29 atom stereocenters. The first-order valence-corrected chi connectivity index (χ1v) is 21.1. The van der Waals surface area contributed by atoms with E-state index in [0.29, 0.717) is 0 Å². The average molecular weight is 975 g/mol. The summed E-state index contributed by atoms with van der Waals surface area (Å²) in [5, 5.41) is 205. The lowest BCUT2D eigenvalue weighted by Crippen LogP contribution is -2.68. The molecule has 0 radical (unpaired) electrons. The fourth-order valence-corrected chi connectivity index (χ4v) is 8.53. The fourth-order valence-electron chi connectivity index (χ4n) is 8.53. The van der Waals surface area contributed by atoms with Gasteiger partial charge >= 0.3 is 0 Å². The zero-order chi connectivity index (χ0) is 48.5. The summed E-state index contributed by atoms with van der Waals surface area (Å²) in [6.45, 7) is -5.89. The van der Waals surface area contributed by atoms with Gasteiger partial charge in [-0.05, 0) is 6.42 Å². The zero-order valence-electron chi connectivity index (χ0n) is 34.7. The summed E-state index contributed by atoms with van der Waals surface area (Å²) in [4.78, 5) is 0. The van der Waals surface area contributed by atoms with Crippen LogP contribution in [0.5, 0.6) is 0 Å². The summed E-state index contributed by atoms with van der Waals surface area (Å²) in [5.41, 5.74) is 0. The second-order valence-electron chi connectivity index (χ2n) is 16.6. The number of aliphatic hydroxyl groups is 19. The van der Waals surface area contributed by atoms with E-state index in [9.17, 15) is 97.0 Å². The molecule has 13 saturated heterocycles. The minimum absolute atomic E-state index is 0.578. The lowest BCUT2D eigenvalue weighted by Gasteiger charge is -2.50. The van der Waals surface area contributed by atoms with Gasteiger partial charge in [-0.3, -0.25) is 0 Å². The van der Waals surface area contributed by atoms with Gasteiger partial charge in [0.25, 0.3) is 0 Å². The Bertz CT molecular complexity index is 1460. The molecular formula is C36H62O30. The summed E-state index contributed by atoms with van der Waals surface area (Å²) in [6, 6.07) is 0. The number of hydrogen-bond acceptors (Lipinski definition) is 30. The normalized spacial score (nSPS) is 53.6. The van der Waals surface area contributed by atoms with Crippen molar-refractivity contribution < 1.29 is 149 Å². The van der Waals surface area contributed by atoms with E-state index in [4.69, 9.17) is 52.1 Å². The molecule has 13 fully saturated rings. The van der Waals surface area contributed by atoms with E-state index >= 15 is 0 Å². The van der Waals surface area contributed by atoms with Crippen LogP contribution in [0.2, 0.25) is 0 Å². The Morgan fingerprint density at radius 2 is 0.455 bits per heavy atom. The first kappa shape index (κ1) is 54.1. The Labute approximate surface area is 373 Å². The molecule has 0 aromatic carbocycles. The third-order valence-electron chi connectivity index (χ3n) is 12.3. The first-order valence-electron chi connectivity index (χ1n) is 21.1. The minimum Gasteiger partial charge on any atom is -0.396 e. The van der Waals surface area contributed by atoms with Gasteiger partial charge in [0.15, 0.2) is 37.7 Å². The predicted molar refractivity (Wildman–Crippen MR) is 198 cm³/mol. The highest BCUT2D eigenvalue weighted by Crippen LogP contribution is 2.36. The van der Waals surface area contributed by atoms with Gasteiger partial charge in [0, 0.05) is 6.61 Å². The maximum atomic E-state index is 11.2. The molecule has 13 aliphatic heterocycles. The molecule has 66 heavy (non-hydrogen) atoms. The molecule has 0 aromatic rings. The van der Waals surface area contributed by atoms with Gasteiger partial charge in [0.2, 0.25) is 0 Å². The van der Waals surface area contributed by atoms with Crippen LogP contribution in [-0.2, 0) is 52.1 Å². The lowest BCUT2D eigenvalue weighted by atomic mass is 9.95. The Hall–Kier alpha value is -1.20. The quantitative estimate of drug-likeness (QED) is 0.113. The minimum atomic E-state index is -2.53. The van der Waals surface area contributed by atoms with E-state index in [-0.39, 0.29) is 0 Å². The third kappa shape index (κ3) is 11.0. The SMILES string of the molecule is OCC[C@H]1O[C@H]2OC(CO)[C@@H](O[C@H]3OC(CO)[C@@H](OC4OC(CO)C(O[C@H]5OC(CO)[C@@H](O[C@H]6OC(CO)[C@@H](O[C@@H](O)[C@@H](O)[C@H]1O)[C@H](O)[C@H]6O)[C@H](O)[C@H]5O)[C@H](O)[C@H]4O)[C@H](O)[C@H]3O)[C@H](O)[C@H]2O. The second kappa shape index (κ2) is 23.4. The van der Waals surface area contributed by atoms with Crippen LogP contribution in [0.25, 0.3) is 0 Å². The Balaban J connectivity index is 1.31. The van der Waals surface area contributed by atoms with E-state index < -0.39 is 224 Å². The number of hydrogen-bond donors (Lipinski definition) is 19. The Morgan fingerprint density at radius 3 is 0.697 bits per heavy atom. The van der Waals surface area contributed by atoms with Crippen molar-refractivity contribution in [2.75, 3.05) is 39.6 Å². The van der Waals surface area contributed by atoms with E-state index in [1.54, 1.807) is 0 Å². The van der Waals surface area contributed by atoms with Crippen LogP contribution in [0.1, 0.15) is 6.42 Å². The molecule has 10 bridgehead atoms. The molecule has 13 aliphatic rings. The van der Waals surface area contributed by atoms with Crippen LogP contribution < -0.4 is 0 Å². The first-order chi connectivity index (χ1) is 31.3. The molecule has 30 heteroatoms. The van der Waals surface area contributed by atoms with E-state index in [1.165, 1.54) is 0 Å². The van der Waals surface area contributed by atoms with Crippen molar-refractivity contribution in [2.24, 2.45) is 0 Å². The summed E-state index contributed by atoms with van der Waals surface area (Å²) in [5.74, 6) is 0. The number of aliphatic hydroxyl groups excluding tert-OH is 19. The molecular weight excluding hydrogens is 912 g/mol. The van der Waals surface area contributed by atoms with Gasteiger partial charge in [-0.1, -0.05) is 0 Å². The molecule has 0 aliphatic carbocycles. The maximum absolute atomic E-state index is 11.2. The average Bonchev–Trinajstić information content (AvgIpc) is 3.31. The van der Waals surface area contributed by atoms with Crippen molar-refractivity contribution in [2.45, 2.75) is 185 Å². The summed E-state index contributed by atoms with van der Waals surface area (Å²) >= 11 is 0. The number of rotatable bonds is 7. The van der Waals surface area contributed by atoms with Crippen molar-refractivity contribution in [3.05, 3.63) is 0 Å². The predicted octanol–water partition coefficient (Wildman–Crippen LogP) is -13.1. The highest BCUT2D eigenvalue weighted by atomic mass is 16.8. The highest BCUT2D eigenvalue weighted by Gasteiger charge is 2.57. The van der Waals surface area contributed by atoms with Crippen molar-refractivity contribution in [3.63, 3.8) is 0 Å². The van der Waals surface area contributed by atoms with Gasteiger partial charge < -0.3 is 149 Å². The van der Waals surface area contributed by atoms with Gasteiger partial charge in [-0.2, -0.15) is 0 Å². The summed E-state index contributed by atoms with van der Waals surface area (Å²) < 4.78 is 61.5. The summed E-state index contributed by atoms with van der Waals surface area (Å²) in [6.07, 6.45) is -59.0. The van der Waals surface area contributed by atoms with Crippen molar-refractivity contribution in [3.8, 4) is 0 Å². The molecule has 386 valence electrons. The van der Waals surface area contributed by atoms with Crippen molar-refractivity contribution >= 4 is 0 Å². The van der Waals surface area contributed by atoms with Gasteiger partial charge in [0.05, 0.1) is 39.1 Å². The van der Waals surface area contributed by atoms with E-state index in [2.05, 4.69) is 0 Å². The van der Waals surface area contributed by atoms with Crippen LogP contribution in [-0.4, -0.2) is 315 Å². The van der Waals surface area contributed by atoms with Crippen LogP contribution in [0.4, 0.5) is 0 Å². The number of fused-ring (bicyclic) bond motifs is 1. The van der Waals surface area contributed by atoms with Crippen molar-refractivity contribution in [1.29, 1.82) is 0 Å². The van der Waals surface area contributed by atoms with Gasteiger partial charge in [-0.25, -0.2) is 0 Å². The standard InChI is InChI=1S/C36H62O30/c37-2-1-8-14(43)20(49)31(55)62-26-9(3-38)58-33(22(51)15(26)44)64-28-11(5-40)60-35(24(53)17(28)46)66-30-13(7-42)61-36(25(54)19(30)48)65-29-12(6-41)59-34(23(52)18(29)47)63-27-10(4-39)57-32(56-8)21(50)16(27)45/h8-55H,1-7H2/t8-,9?,10?,11?,12?,13?,14+,15-,16-,17-,18-,19-,20+,21-,22-,23-,24-,25-,26-,27-,28-,29-,30?,31-,32+,33-,34-,35-,36?/m1/s1. The van der Waals surface area contributed by atoms with Crippen LogP contribution >= 0.6 is 0 Å². The molecule has 0 spiro atoms. The molecule has 13 rings (SSSR count). The third-order valence-corrected chi connectivity index (χ3v) is 12.3. The van der Waals surface area contributed by atoms with Gasteiger partial charge in [0.1, 0.15) is 134 Å². The molecule has 0 aromatic heterocycles. The Morgan fingerprint density at radius 1 is 0.227 bits per heavy atom. The molecule has 30 nitrogen and oxygen atoms in total. The second-order valence-corrected chi connectivity index (χ2v) is 16.6. The molecule has 7 unspecified atom stereocenters. The largest absolute Gasteiger partial charge is 0.396 e.